The number of nitrogens with one attached hydrogen (secondary N) is 1. The van der Waals surface area contributed by atoms with Gasteiger partial charge in [0.15, 0.2) is 0 Å². The summed E-state index contributed by atoms with van der Waals surface area (Å²) in [4.78, 5) is 1.28. The van der Waals surface area contributed by atoms with E-state index in [4.69, 9.17) is 4.74 Å². The van der Waals surface area contributed by atoms with Crippen LogP contribution in [0.4, 0.5) is 0 Å². The summed E-state index contributed by atoms with van der Waals surface area (Å²) in [6, 6.07) is 13.7. The summed E-state index contributed by atoms with van der Waals surface area (Å²) >= 11 is 1.74. The van der Waals surface area contributed by atoms with Gasteiger partial charge in [-0.15, -0.1) is 11.3 Å². The van der Waals surface area contributed by atoms with Crippen LogP contribution in [0.1, 0.15) is 28.8 Å². The summed E-state index contributed by atoms with van der Waals surface area (Å²) in [5.41, 5.74) is 2.60. The van der Waals surface area contributed by atoms with Gasteiger partial charge in [0, 0.05) is 17.5 Å². The van der Waals surface area contributed by atoms with E-state index in [1.807, 2.05) is 0 Å². The lowest BCUT2D eigenvalue weighted by molar-refractivity contribution is 0.109. The monoisotopic (exact) mass is 273 g/mol. The van der Waals surface area contributed by atoms with Gasteiger partial charge in [0.1, 0.15) is 0 Å². The number of benzene rings is 1. The fraction of sp³-hybridized carbons (Fsp3) is 0.375. The zero-order valence-electron chi connectivity index (χ0n) is 11.0. The molecule has 1 aliphatic carbocycles. The lowest BCUT2D eigenvalue weighted by atomic mass is 10.1. The van der Waals surface area contributed by atoms with Gasteiger partial charge in [0.2, 0.25) is 0 Å². The van der Waals surface area contributed by atoms with Crippen molar-refractivity contribution < 1.29 is 4.74 Å². The second kappa shape index (κ2) is 6.33. The highest BCUT2D eigenvalue weighted by molar-refractivity contribution is 7.09. The molecular weight excluding hydrogens is 254 g/mol. The Hall–Kier alpha value is -1.16. The molecule has 0 radical (unpaired) electrons. The van der Waals surface area contributed by atoms with E-state index >= 15 is 0 Å². The number of hydrogen-bond acceptors (Lipinski definition) is 3. The van der Waals surface area contributed by atoms with Crippen LogP contribution in [0.2, 0.25) is 0 Å². The maximum atomic E-state index is 5.71. The van der Waals surface area contributed by atoms with E-state index in [9.17, 15) is 0 Å². The second-order valence-corrected chi connectivity index (χ2v) is 6.08. The van der Waals surface area contributed by atoms with Gasteiger partial charge in [0.25, 0.3) is 0 Å². The molecule has 1 N–H and O–H groups in total. The third-order valence-corrected chi connectivity index (χ3v) is 4.14. The van der Waals surface area contributed by atoms with Crippen LogP contribution in [-0.2, 0) is 24.5 Å². The summed E-state index contributed by atoms with van der Waals surface area (Å²) in [6.07, 6.45) is 2.68. The van der Waals surface area contributed by atoms with E-state index in [-0.39, 0.29) is 0 Å². The topological polar surface area (TPSA) is 21.3 Å². The molecule has 3 heteroatoms. The summed E-state index contributed by atoms with van der Waals surface area (Å²) in [5.74, 6) is 0. The molecule has 2 nitrogen and oxygen atoms in total. The average Bonchev–Trinajstić information content (AvgIpc) is 3.13. The van der Waals surface area contributed by atoms with Crippen molar-refractivity contribution in [2.75, 3.05) is 0 Å². The Morgan fingerprint density at radius 3 is 2.53 bits per heavy atom. The van der Waals surface area contributed by atoms with Gasteiger partial charge in [-0.05, 0) is 35.4 Å². The lowest BCUT2D eigenvalue weighted by Gasteiger charge is -2.06. The van der Waals surface area contributed by atoms with E-state index < -0.39 is 0 Å². The molecule has 1 aromatic heterocycles. The van der Waals surface area contributed by atoms with E-state index in [0.29, 0.717) is 13.2 Å². The van der Waals surface area contributed by atoms with Gasteiger partial charge in [-0.3, -0.25) is 0 Å². The molecule has 1 fully saturated rings. The summed E-state index contributed by atoms with van der Waals surface area (Å²) in [6.45, 7) is 2.39. The van der Waals surface area contributed by atoms with Crippen molar-refractivity contribution >= 4 is 11.3 Å². The fourth-order valence-corrected chi connectivity index (χ4v) is 2.61. The second-order valence-electron chi connectivity index (χ2n) is 5.04. The molecule has 0 spiro atoms. The Morgan fingerprint density at radius 2 is 1.84 bits per heavy atom. The number of thiophene rings is 1. The van der Waals surface area contributed by atoms with Crippen molar-refractivity contribution in [3.05, 3.63) is 57.8 Å². The maximum absolute atomic E-state index is 5.71. The minimum Gasteiger partial charge on any atom is -0.371 e. The normalized spacial score (nSPS) is 14.7. The first-order valence-electron chi connectivity index (χ1n) is 6.81. The van der Waals surface area contributed by atoms with Crippen molar-refractivity contribution in [1.29, 1.82) is 0 Å². The zero-order valence-corrected chi connectivity index (χ0v) is 11.8. The van der Waals surface area contributed by atoms with Crippen LogP contribution < -0.4 is 5.32 Å². The van der Waals surface area contributed by atoms with Crippen LogP contribution in [0.15, 0.2) is 41.8 Å². The number of rotatable bonds is 7. The molecule has 0 unspecified atom stereocenters. The van der Waals surface area contributed by atoms with E-state index in [1.54, 1.807) is 11.3 Å². The molecule has 2 aromatic rings. The van der Waals surface area contributed by atoms with Crippen molar-refractivity contribution in [2.24, 2.45) is 0 Å². The molecule has 1 aromatic carbocycles. The molecule has 1 saturated carbocycles. The SMILES string of the molecule is c1csc(COCc2ccc(CNC3CC3)cc2)c1. The highest BCUT2D eigenvalue weighted by atomic mass is 32.1. The van der Waals surface area contributed by atoms with Gasteiger partial charge < -0.3 is 10.1 Å². The van der Waals surface area contributed by atoms with Gasteiger partial charge in [-0.1, -0.05) is 30.3 Å². The maximum Gasteiger partial charge on any atom is 0.0813 e. The molecule has 19 heavy (non-hydrogen) atoms. The number of hydrogen-bond donors (Lipinski definition) is 1. The highest BCUT2D eigenvalue weighted by Crippen LogP contribution is 2.19. The first-order chi connectivity index (χ1) is 9.40. The minimum absolute atomic E-state index is 0.689. The fourth-order valence-electron chi connectivity index (χ4n) is 1.97. The minimum atomic E-state index is 0.689. The summed E-state index contributed by atoms with van der Waals surface area (Å²) in [5, 5.41) is 5.61. The molecule has 1 heterocycles. The Labute approximate surface area is 118 Å². The molecule has 0 bridgehead atoms. The number of ether oxygens (including phenoxy) is 1. The Balaban J connectivity index is 1.42. The highest BCUT2D eigenvalue weighted by Gasteiger charge is 2.19. The summed E-state index contributed by atoms with van der Waals surface area (Å²) < 4.78 is 5.71. The molecule has 100 valence electrons. The van der Waals surface area contributed by atoms with Gasteiger partial charge in [-0.25, -0.2) is 0 Å². The van der Waals surface area contributed by atoms with Crippen LogP contribution in [0.5, 0.6) is 0 Å². The molecule has 1 aliphatic rings. The largest absolute Gasteiger partial charge is 0.371 e. The first-order valence-corrected chi connectivity index (χ1v) is 7.69. The predicted octanol–water partition coefficient (Wildman–Crippen LogP) is 3.72. The van der Waals surface area contributed by atoms with E-state index in [2.05, 4.69) is 47.1 Å². The van der Waals surface area contributed by atoms with Crippen LogP contribution in [0.25, 0.3) is 0 Å². The molecular formula is C16H19NOS. The van der Waals surface area contributed by atoms with E-state index in [0.717, 1.165) is 12.6 Å². The van der Waals surface area contributed by atoms with Gasteiger partial charge >= 0.3 is 0 Å². The van der Waals surface area contributed by atoms with Crippen molar-refractivity contribution in [3.63, 3.8) is 0 Å². The van der Waals surface area contributed by atoms with Crippen LogP contribution in [0, 0.1) is 0 Å². The van der Waals surface area contributed by atoms with Crippen LogP contribution in [0.3, 0.4) is 0 Å². The molecule has 3 rings (SSSR count). The predicted molar refractivity (Wildman–Crippen MR) is 79.1 cm³/mol. The molecule has 0 atom stereocenters. The third-order valence-electron chi connectivity index (χ3n) is 3.29. The first kappa shape index (κ1) is 12.9. The molecule has 0 amide bonds. The zero-order chi connectivity index (χ0) is 12.9. The smallest absolute Gasteiger partial charge is 0.0813 e. The van der Waals surface area contributed by atoms with Crippen LogP contribution >= 0.6 is 11.3 Å². The quantitative estimate of drug-likeness (QED) is 0.830. The van der Waals surface area contributed by atoms with Crippen LogP contribution in [-0.4, -0.2) is 6.04 Å². The Morgan fingerprint density at radius 1 is 1.05 bits per heavy atom. The lowest BCUT2D eigenvalue weighted by Crippen LogP contribution is -2.15. The van der Waals surface area contributed by atoms with Crippen molar-refractivity contribution in [2.45, 2.75) is 38.6 Å². The Kier molecular flexibility index (Phi) is 4.28. The standard InChI is InChI=1S/C16H19NOS/c1-2-16(19-9-1)12-18-11-14-5-3-13(4-6-14)10-17-15-7-8-15/h1-6,9,15,17H,7-8,10-12H2. The molecule has 0 aliphatic heterocycles. The van der Waals surface area contributed by atoms with Crippen molar-refractivity contribution in [1.82, 2.24) is 5.32 Å². The van der Waals surface area contributed by atoms with Gasteiger partial charge in [0.05, 0.1) is 13.2 Å². The molecule has 0 saturated heterocycles. The van der Waals surface area contributed by atoms with Gasteiger partial charge in [-0.2, -0.15) is 0 Å². The Bertz CT molecular complexity index is 488. The van der Waals surface area contributed by atoms with Crippen molar-refractivity contribution in [3.8, 4) is 0 Å². The third kappa shape index (κ3) is 4.16. The average molecular weight is 273 g/mol. The summed E-state index contributed by atoms with van der Waals surface area (Å²) in [7, 11) is 0. The van der Waals surface area contributed by atoms with E-state index in [1.165, 1.54) is 28.8 Å².